The Morgan fingerprint density at radius 1 is 1.26 bits per heavy atom. The average Bonchev–Trinajstić information content (AvgIpc) is 3.19. The van der Waals surface area contributed by atoms with Crippen LogP contribution in [0.3, 0.4) is 0 Å². The highest BCUT2D eigenvalue weighted by atomic mass is 16.4. The molecule has 2 rings (SSSR count). The van der Waals surface area contributed by atoms with Gasteiger partial charge in [0, 0.05) is 12.6 Å². The molecule has 0 aliphatic heterocycles. The van der Waals surface area contributed by atoms with Gasteiger partial charge in [0.25, 0.3) is 0 Å². The largest absolute Gasteiger partial charge is 0.481 e. The lowest BCUT2D eigenvalue weighted by atomic mass is 9.73. The summed E-state index contributed by atoms with van der Waals surface area (Å²) in [7, 11) is 0. The predicted molar refractivity (Wildman–Crippen MR) is 77.2 cm³/mol. The van der Waals surface area contributed by atoms with Crippen LogP contribution in [0.4, 0.5) is 0 Å². The summed E-state index contributed by atoms with van der Waals surface area (Å²) < 4.78 is 0. The monoisotopic (exact) mass is 267 g/mol. The van der Waals surface area contributed by atoms with Gasteiger partial charge in [-0.1, -0.05) is 33.1 Å². The second-order valence-corrected chi connectivity index (χ2v) is 7.03. The minimum atomic E-state index is -0.553. The van der Waals surface area contributed by atoms with Crippen LogP contribution in [-0.2, 0) is 4.79 Å². The molecule has 3 nitrogen and oxygen atoms in total. The van der Waals surface area contributed by atoms with E-state index < -0.39 is 11.4 Å². The molecule has 0 aromatic rings. The fourth-order valence-electron chi connectivity index (χ4n) is 3.31. The van der Waals surface area contributed by atoms with Gasteiger partial charge in [-0.05, 0) is 44.6 Å². The lowest BCUT2D eigenvalue weighted by Gasteiger charge is -2.38. The maximum atomic E-state index is 11.8. The van der Waals surface area contributed by atoms with Crippen LogP contribution in [0.5, 0.6) is 0 Å². The van der Waals surface area contributed by atoms with Gasteiger partial charge in [0.1, 0.15) is 0 Å². The number of rotatable bonds is 7. The van der Waals surface area contributed by atoms with E-state index >= 15 is 0 Å². The lowest BCUT2D eigenvalue weighted by molar-refractivity contribution is -0.152. The van der Waals surface area contributed by atoms with Crippen molar-refractivity contribution < 1.29 is 9.90 Å². The highest BCUT2D eigenvalue weighted by Gasteiger charge is 2.43. The van der Waals surface area contributed by atoms with E-state index in [0.29, 0.717) is 12.0 Å². The Bertz CT molecular complexity index is 304. The standard InChI is InChI=1S/C16H29NO2/c1-13(2)8-11-17(14-6-7-14)12-16(15(18)19)9-4-3-5-10-16/h13-14H,3-12H2,1-2H3,(H,18,19). The molecule has 2 aliphatic carbocycles. The minimum Gasteiger partial charge on any atom is -0.481 e. The van der Waals surface area contributed by atoms with Crippen LogP contribution in [0.25, 0.3) is 0 Å². The average molecular weight is 267 g/mol. The van der Waals surface area contributed by atoms with Gasteiger partial charge in [0.2, 0.25) is 0 Å². The van der Waals surface area contributed by atoms with Gasteiger partial charge in [-0.15, -0.1) is 0 Å². The zero-order valence-electron chi connectivity index (χ0n) is 12.5. The fraction of sp³-hybridized carbons (Fsp3) is 0.938. The smallest absolute Gasteiger partial charge is 0.310 e. The first-order chi connectivity index (χ1) is 9.03. The first-order valence-electron chi connectivity index (χ1n) is 8.01. The number of carboxylic acid groups (broad SMARTS) is 1. The molecule has 19 heavy (non-hydrogen) atoms. The second kappa shape index (κ2) is 6.25. The molecule has 3 heteroatoms. The molecule has 1 N–H and O–H groups in total. The van der Waals surface area contributed by atoms with Gasteiger partial charge in [-0.3, -0.25) is 9.69 Å². The third kappa shape index (κ3) is 3.95. The van der Waals surface area contributed by atoms with E-state index in [-0.39, 0.29) is 0 Å². The van der Waals surface area contributed by atoms with Crippen molar-refractivity contribution in [1.82, 2.24) is 4.90 Å². The first-order valence-corrected chi connectivity index (χ1v) is 8.01. The highest BCUT2D eigenvalue weighted by molar-refractivity contribution is 5.75. The number of carbonyl (C=O) groups is 1. The third-order valence-electron chi connectivity index (χ3n) is 4.83. The Labute approximate surface area is 117 Å². The summed E-state index contributed by atoms with van der Waals surface area (Å²) in [5.74, 6) is 0.149. The Hall–Kier alpha value is -0.570. The van der Waals surface area contributed by atoms with Gasteiger partial charge in [0.15, 0.2) is 0 Å². The summed E-state index contributed by atoms with van der Waals surface area (Å²) in [6.45, 7) is 6.37. The van der Waals surface area contributed by atoms with Gasteiger partial charge in [0.05, 0.1) is 5.41 Å². The molecule has 0 atom stereocenters. The first kappa shape index (κ1) is 14.8. The number of hydrogen-bond donors (Lipinski definition) is 1. The summed E-state index contributed by atoms with van der Waals surface area (Å²) in [5, 5.41) is 9.69. The van der Waals surface area contributed by atoms with Crippen molar-refractivity contribution >= 4 is 5.97 Å². The van der Waals surface area contributed by atoms with Crippen molar-refractivity contribution in [2.45, 2.75) is 71.3 Å². The maximum Gasteiger partial charge on any atom is 0.310 e. The molecule has 0 radical (unpaired) electrons. The molecule has 0 saturated heterocycles. The van der Waals surface area contributed by atoms with Crippen LogP contribution < -0.4 is 0 Å². The predicted octanol–water partition coefficient (Wildman–Crippen LogP) is 3.53. The summed E-state index contributed by atoms with van der Waals surface area (Å²) in [4.78, 5) is 14.3. The van der Waals surface area contributed by atoms with Crippen molar-refractivity contribution in [3.63, 3.8) is 0 Å². The SMILES string of the molecule is CC(C)CCN(CC1(C(=O)O)CCCCC1)C1CC1. The van der Waals surface area contributed by atoms with E-state index in [1.165, 1.54) is 25.7 Å². The van der Waals surface area contributed by atoms with E-state index in [1.807, 2.05) is 0 Å². The van der Waals surface area contributed by atoms with Crippen LogP contribution in [-0.4, -0.2) is 35.1 Å². The van der Waals surface area contributed by atoms with Gasteiger partial charge in [-0.25, -0.2) is 0 Å². The minimum absolute atomic E-state index is 0.447. The molecule has 0 aromatic heterocycles. The summed E-state index contributed by atoms with van der Waals surface area (Å²) in [5.41, 5.74) is -0.447. The van der Waals surface area contributed by atoms with E-state index in [2.05, 4.69) is 18.7 Å². The Morgan fingerprint density at radius 2 is 1.89 bits per heavy atom. The quantitative estimate of drug-likeness (QED) is 0.767. The molecule has 2 saturated carbocycles. The van der Waals surface area contributed by atoms with Crippen molar-refractivity contribution in [3.8, 4) is 0 Å². The summed E-state index contributed by atoms with van der Waals surface area (Å²) >= 11 is 0. The zero-order chi connectivity index (χ0) is 13.9. The Balaban J connectivity index is 1.98. The molecule has 0 aromatic carbocycles. The van der Waals surface area contributed by atoms with Crippen molar-refractivity contribution in [2.24, 2.45) is 11.3 Å². The molecule has 2 aliphatic rings. The van der Waals surface area contributed by atoms with Gasteiger partial charge < -0.3 is 5.11 Å². The van der Waals surface area contributed by atoms with Crippen molar-refractivity contribution in [3.05, 3.63) is 0 Å². The third-order valence-corrected chi connectivity index (χ3v) is 4.83. The van der Waals surface area contributed by atoms with Gasteiger partial charge in [-0.2, -0.15) is 0 Å². The van der Waals surface area contributed by atoms with E-state index in [0.717, 1.165) is 38.8 Å². The van der Waals surface area contributed by atoms with Crippen LogP contribution in [0.15, 0.2) is 0 Å². The maximum absolute atomic E-state index is 11.8. The molecule has 2 fully saturated rings. The molecule has 0 unspecified atom stereocenters. The summed E-state index contributed by atoms with van der Waals surface area (Å²) in [6.07, 6.45) is 8.89. The molecular formula is C16H29NO2. The molecule has 110 valence electrons. The highest BCUT2D eigenvalue weighted by Crippen LogP contribution is 2.40. The normalized spacial score (nSPS) is 22.9. The zero-order valence-corrected chi connectivity index (χ0v) is 12.5. The summed E-state index contributed by atoms with van der Waals surface area (Å²) in [6, 6.07) is 0.678. The molecule has 0 bridgehead atoms. The number of aliphatic carboxylic acids is 1. The fourth-order valence-corrected chi connectivity index (χ4v) is 3.31. The molecule has 0 amide bonds. The van der Waals surface area contributed by atoms with Crippen molar-refractivity contribution in [1.29, 1.82) is 0 Å². The van der Waals surface area contributed by atoms with Crippen LogP contribution in [0.2, 0.25) is 0 Å². The molecular weight excluding hydrogens is 238 g/mol. The Kier molecular flexibility index (Phi) is 4.88. The number of nitrogens with zero attached hydrogens (tertiary/aromatic N) is 1. The van der Waals surface area contributed by atoms with E-state index in [1.54, 1.807) is 0 Å². The van der Waals surface area contributed by atoms with Crippen molar-refractivity contribution in [2.75, 3.05) is 13.1 Å². The molecule has 0 spiro atoms. The number of hydrogen-bond acceptors (Lipinski definition) is 2. The molecule has 0 heterocycles. The Morgan fingerprint density at radius 3 is 2.37 bits per heavy atom. The van der Waals surface area contributed by atoms with Crippen LogP contribution >= 0.6 is 0 Å². The van der Waals surface area contributed by atoms with Gasteiger partial charge >= 0.3 is 5.97 Å². The van der Waals surface area contributed by atoms with Crippen LogP contribution in [0, 0.1) is 11.3 Å². The second-order valence-electron chi connectivity index (χ2n) is 7.03. The number of carboxylic acids is 1. The van der Waals surface area contributed by atoms with E-state index in [9.17, 15) is 9.90 Å². The topological polar surface area (TPSA) is 40.5 Å². The van der Waals surface area contributed by atoms with Crippen LogP contribution in [0.1, 0.15) is 65.2 Å². The van der Waals surface area contributed by atoms with E-state index in [4.69, 9.17) is 0 Å². The lowest BCUT2D eigenvalue weighted by Crippen LogP contribution is -2.45.